The van der Waals surface area contributed by atoms with Gasteiger partial charge in [-0.2, -0.15) is 0 Å². The summed E-state index contributed by atoms with van der Waals surface area (Å²) in [5.41, 5.74) is 2.78. The van der Waals surface area contributed by atoms with Crippen molar-refractivity contribution in [2.75, 3.05) is 0 Å². The maximum absolute atomic E-state index is 11.9. The fraction of sp³-hybridized carbons (Fsp3) is 0. The summed E-state index contributed by atoms with van der Waals surface area (Å²) in [5, 5.41) is 4.13. The van der Waals surface area contributed by atoms with Crippen LogP contribution < -0.4 is 5.32 Å². The summed E-state index contributed by atoms with van der Waals surface area (Å²) in [6.07, 6.45) is 0. The summed E-state index contributed by atoms with van der Waals surface area (Å²) >= 11 is 0. The van der Waals surface area contributed by atoms with E-state index in [0.717, 1.165) is 21.8 Å². The van der Waals surface area contributed by atoms with Crippen LogP contribution in [-0.4, -0.2) is 16.8 Å². The number of carbonyl (C=O) groups excluding carboxylic acids is 2. The molecule has 2 aromatic carbocycles. The number of carbonyl (C=O) groups is 2. The van der Waals surface area contributed by atoms with Gasteiger partial charge in [0.15, 0.2) is 0 Å². The van der Waals surface area contributed by atoms with Crippen molar-refractivity contribution in [1.82, 2.24) is 10.3 Å². The molecular formula is C14H9ClN2O2. The van der Waals surface area contributed by atoms with Gasteiger partial charge >= 0.3 is 0 Å². The van der Waals surface area contributed by atoms with Crippen molar-refractivity contribution in [3.05, 3.63) is 47.5 Å². The Labute approximate surface area is 114 Å². The summed E-state index contributed by atoms with van der Waals surface area (Å²) in [6.45, 7) is 0. The molecule has 4 rings (SSSR count). The van der Waals surface area contributed by atoms with E-state index in [2.05, 4.69) is 10.3 Å². The lowest BCUT2D eigenvalue weighted by atomic mass is 10.0. The minimum atomic E-state index is -0.317. The van der Waals surface area contributed by atoms with Crippen molar-refractivity contribution in [2.45, 2.75) is 0 Å². The fourth-order valence-electron chi connectivity index (χ4n) is 2.60. The van der Waals surface area contributed by atoms with Crippen LogP contribution in [0.25, 0.3) is 21.8 Å². The van der Waals surface area contributed by atoms with Crippen LogP contribution in [0, 0.1) is 0 Å². The molecule has 0 saturated carbocycles. The van der Waals surface area contributed by atoms with Crippen LogP contribution in [0.15, 0.2) is 36.4 Å². The van der Waals surface area contributed by atoms with Crippen molar-refractivity contribution >= 4 is 46.0 Å². The lowest BCUT2D eigenvalue weighted by Gasteiger charge is -1.97. The minimum Gasteiger partial charge on any atom is -0.354 e. The van der Waals surface area contributed by atoms with Crippen LogP contribution in [0.1, 0.15) is 20.7 Å². The number of aromatic amines is 1. The molecule has 3 aromatic rings. The summed E-state index contributed by atoms with van der Waals surface area (Å²) < 4.78 is 0. The topological polar surface area (TPSA) is 62.0 Å². The van der Waals surface area contributed by atoms with Gasteiger partial charge in [0, 0.05) is 21.8 Å². The highest BCUT2D eigenvalue weighted by molar-refractivity contribution is 6.30. The molecule has 4 nitrogen and oxygen atoms in total. The van der Waals surface area contributed by atoms with Crippen LogP contribution in [0.3, 0.4) is 0 Å². The summed E-state index contributed by atoms with van der Waals surface area (Å²) in [5.74, 6) is -0.632. The molecule has 0 bridgehead atoms. The first-order chi connectivity index (χ1) is 8.75. The van der Waals surface area contributed by atoms with Gasteiger partial charge in [-0.3, -0.25) is 14.9 Å². The van der Waals surface area contributed by atoms with Crippen LogP contribution >= 0.6 is 12.4 Å². The number of amides is 2. The van der Waals surface area contributed by atoms with E-state index in [1.54, 1.807) is 6.07 Å². The molecule has 1 aromatic heterocycles. The highest BCUT2D eigenvalue weighted by Gasteiger charge is 2.29. The summed E-state index contributed by atoms with van der Waals surface area (Å²) in [6, 6.07) is 11.3. The maximum atomic E-state index is 11.9. The van der Waals surface area contributed by atoms with Gasteiger partial charge in [-0.25, -0.2) is 0 Å². The molecule has 0 saturated heterocycles. The zero-order valence-corrected chi connectivity index (χ0v) is 10.5. The Bertz CT molecular complexity index is 851. The van der Waals surface area contributed by atoms with Crippen molar-refractivity contribution in [3.63, 3.8) is 0 Å². The number of hydrogen-bond donors (Lipinski definition) is 2. The van der Waals surface area contributed by atoms with Crippen molar-refractivity contribution in [2.24, 2.45) is 0 Å². The minimum absolute atomic E-state index is 0. The predicted molar refractivity (Wildman–Crippen MR) is 74.8 cm³/mol. The van der Waals surface area contributed by atoms with E-state index >= 15 is 0 Å². The van der Waals surface area contributed by atoms with Gasteiger partial charge < -0.3 is 4.98 Å². The zero-order valence-electron chi connectivity index (χ0n) is 9.69. The molecule has 1 aliphatic heterocycles. The second kappa shape index (κ2) is 3.83. The predicted octanol–water partition coefficient (Wildman–Crippen LogP) is 2.63. The second-order valence-electron chi connectivity index (χ2n) is 4.36. The van der Waals surface area contributed by atoms with E-state index < -0.39 is 0 Å². The fourth-order valence-corrected chi connectivity index (χ4v) is 2.60. The molecule has 0 fully saturated rings. The highest BCUT2D eigenvalue weighted by atomic mass is 35.5. The van der Waals surface area contributed by atoms with Gasteiger partial charge in [0.05, 0.1) is 11.1 Å². The molecule has 2 amide bonds. The van der Waals surface area contributed by atoms with E-state index in [4.69, 9.17) is 0 Å². The van der Waals surface area contributed by atoms with Crippen LogP contribution in [0.2, 0.25) is 0 Å². The van der Waals surface area contributed by atoms with Crippen LogP contribution in [0.4, 0.5) is 0 Å². The van der Waals surface area contributed by atoms with E-state index in [-0.39, 0.29) is 24.2 Å². The Balaban J connectivity index is 0.00000110. The quantitative estimate of drug-likeness (QED) is 0.618. The molecule has 0 spiro atoms. The molecule has 2 N–H and O–H groups in total. The SMILES string of the molecule is Cl.O=C1NC(=O)c2c1ccc1[nH]c3ccccc3c21. The molecule has 94 valence electrons. The van der Waals surface area contributed by atoms with Gasteiger partial charge in [-0.05, 0) is 18.2 Å². The largest absolute Gasteiger partial charge is 0.354 e. The van der Waals surface area contributed by atoms with Gasteiger partial charge in [-0.1, -0.05) is 18.2 Å². The maximum Gasteiger partial charge on any atom is 0.259 e. The number of para-hydroxylation sites is 1. The van der Waals surface area contributed by atoms with Crippen molar-refractivity contribution in [3.8, 4) is 0 Å². The van der Waals surface area contributed by atoms with Gasteiger partial charge in [0.1, 0.15) is 0 Å². The third-order valence-corrected chi connectivity index (χ3v) is 3.37. The molecule has 0 unspecified atom stereocenters. The number of hydrogen-bond acceptors (Lipinski definition) is 2. The van der Waals surface area contributed by atoms with Gasteiger partial charge in [0.25, 0.3) is 11.8 Å². The van der Waals surface area contributed by atoms with Gasteiger partial charge in [-0.15, -0.1) is 12.4 Å². The van der Waals surface area contributed by atoms with E-state index in [9.17, 15) is 9.59 Å². The molecule has 0 radical (unpaired) electrons. The van der Waals surface area contributed by atoms with Crippen molar-refractivity contribution < 1.29 is 9.59 Å². The Morgan fingerprint density at radius 3 is 2.47 bits per heavy atom. The normalized spacial score (nSPS) is 13.5. The number of imide groups is 1. The number of fused-ring (bicyclic) bond motifs is 5. The Morgan fingerprint density at radius 1 is 0.842 bits per heavy atom. The molecule has 0 aliphatic carbocycles. The number of H-pyrrole nitrogens is 1. The average molecular weight is 273 g/mol. The Hall–Kier alpha value is -2.33. The van der Waals surface area contributed by atoms with E-state index in [0.29, 0.717) is 11.1 Å². The van der Waals surface area contributed by atoms with Crippen LogP contribution in [-0.2, 0) is 0 Å². The Kier molecular flexibility index (Phi) is 2.37. The van der Waals surface area contributed by atoms with Gasteiger partial charge in [0.2, 0.25) is 0 Å². The standard InChI is InChI=1S/C14H8N2O2.ClH/c17-13-8-5-6-10-11(12(8)14(18)16-13)7-3-1-2-4-9(7)15-10;/h1-6,15H,(H,16,17,18);1H. The van der Waals surface area contributed by atoms with E-state index in [1.807, 2.05) is 30.3 Å². The lowest BCUT2D eigenvalue weighted by Crippen LogP contribution is -2.19. The lowest BCUT2D eigenvalue weighted by molar-refractivity contribution is 0.0880. The number of halogens is 1. The molecule has 19 heavy (non-hydrogen) atoms. The number of rotatable bonds is 0. The third-order valence-electron chi connectivity index (χ3n) is 3.37. The van der Waals surface area contributed by atoms with Crippen molar-refractivity contribution in [1.29, 1.82) is 0 Å². The summed E-state index contributed by atoms with van der Waals surface area (Å²) in [7, 11) is 0. The Morgan fingerprint density at radius 2 is 1.63 bits per heavy atom. The van der Waals surface area contributed by atoms with E-state index in [1.165, 1.54) is 0 Å². The molecule has 1 aliphatic rings. The first-order valence-electron chi connectivity index (χ1n) is 5.65. The smallest absolute Gasteiger partial charge is 0.259 e. The monoisotopic (exact) mass is 272 g/mol. The highest BCUT2D eigenvalue weighted by Crippen LogP contribution is 2.32. The number of benzene rings is 2. The molecule has 2 heterocycles. The van der Waals surface area contributed by atoms with Crippen LogP contribution in [0.5, 0.6) is 0 Å². The first kappa shape index (κ1) is 11.7. The average Bonchev–Trinajstić information content (AvgIpc) is 2.87. The summed E-state index contributed by atoms with van der Waals surface area (Å²) in [4.78, 5) is 26.8. The molecule has 0 atom stereocenters. The molecule has 5 heteroatoms. The number of aromatic nitrogens is 1. The zero-order chi connectivity index (χ0) is 12.3. The molecular weight excluding hydrogens is 264 g/mol. The third kappa shape index (κ3) is 1.40. The first-order valence-corrected chi connectivity index (χ1v) is 5.65. The number of nitrogens with one attached hydrogen (secondary N) is 2. The second-order valence-corrected chi connectivity index (χ2v) is 4.36.